The molecule has 1 aliphatic carbocycles. The van der Waals surface area contributed by atoms with Crippen molar-refractivity contribution in [1.29, 1.82) is 0 Å². The molecule has 2 fully saturated rings. The van der Waals surface area contributed by atoms with E-state index in [-0.39, 0.29) is 5.60 Å². The van der Waals surface area contributed by atoms with Crippen LogP contribution in [0, 0.1) is 5.92 Å². The molecular formula is C17H29N3O. The molecule has 1 saturated heterocycles. The molecule has 2 heterocycles. The van der Waals surface area contributed by atoms with Gasteiger partial charge in [-0.05, 0) is 44.6 Å². The van der Waals surface area contributed by atoms with Gasteiger partial charge in [0.1, 0.15) is 5.82 Å². The normalized spacial score (nSPS) is 26.8. The fourth-order valence-corrected chi connectivity index (χ4v) is 4.13. The van der Waals surface area contributed by atoms with Gasteiger partial charge in [-0.3, -0.25) is 0 Å². The molecule has 118 valence electrons. The second-order valence-electron chi connectivity index (χ2n) is 6.75. The Balaban J connectivity index is 1.72. The number of hydrogen-bond acceptors (Lipinski definition) is 3. The van der Waals surface area contributed by atoms with Crippen LogP contribution in [0.5, 0.6) is 0 Å². The van der Waals surface area contributed by atoms with Gasteiger partial charge in [0.05, 0.1) is 11.6 Å². The molecule has 1 aromatic rings. The van der Waals surface area contributed by atoms with E-state index >= 15 is 0 Å². The fraction of sp³-hybridized carbons (Fsp3) is 0.824. The number of ether oxygens (including phenoxy) is 1. The zero-order valence-electron chi connectivity index (χ0n) is 13.2. The number of nitrogens with one attached hydrogen (secondary N) is 2. The van der Waals surface area contributed by atoms with Crippen LogP contribution in [0.25, 0.3) is 0 Å². The maximum Gasteiger partial charge on any atom is 0.123 e. The summed E-state index contributed by atoms with van der Waals surface area (Å²) < 4.78 is 6.25. The van der Waals surface area contributed by atoms with Crippen molar-refractivity contribution in [2.24, 2.45) is 5.92 Å². The summed E-state index contributed by atoms with van der Waals surface area (Å²) in [5.74, 6) is 1.73. The summed E-state index contributed by atoms with van der Waals surface area (Å²) in [6, 6.07) is 0.350. The molecule has 21 heavy (non-hydrogen) atoms. The number of aromatic amines is 1. The Bertz CT molecular complexity index is 406. The lowest BCUT2D eigenvalue weighted by atomic mass is 9.74. The monoisotopic (exact) mass is 291 g/mol. The average molecular weight is 291 g/mol. The minimum Gasteiger partial charge on any atom is -0.375 e. The summed E-state index contributed by atoms with van der Waals surface area (Å²) in [6.07, 6.45) is 13.8. The minimum atomic E-state index is 0.167. The molecule has 1 spiro atoms. The zero-order valence-corrected chi connectivity index (χ0v) is 13.2. The highest BCUT2D eigenvalue weighted by molar-refractivity contribution is 5.02. The van der Waals surface area contributed by atoms with Gasteiger partial charge < -0.3 is 15.0 Å². The van der Waals surface area contributed by atoms with Crippen LogP contribution in [0.1, 0.15) is 70.2 Å². The third kappa shape index (κ3) is 3.49. The van der Waals surface area contributed by atoms with E-state index < -0.39 is 0 Å². The first-order chi connectivity index (χ1) is 10.3. The molecule has 4 nitrogen and oxygen atoms in total. The van der Waals surface area contributed by atoms with Gasteiger partial charge in [-0.15, -0.1) is 0 Å². The lowest BCUT2D eigenvalue weighted by molar-refractivity contribution is -0.122. The molecule has 1 saturated carbocycles. The quantitative estimate of drug-likeness (QED) is 0.872. The summed E-state index contributed by atoms with van der Waals surface area (Å²) in [7, 11) is 0. The topological polar surface area (TPSA) is 49.9 Å². The van der Waals surface area contributed by atoms with Crippen LogP contribution in [0.15, 0.2) is 12.4 Å². The largest absolute Gasteiger partial charge is 0.375 e. The van der Waals surface area contributed by atoms with E-state index in [9.17, 15) is 0 Å². The number of aromatic nitrogens is 2. The molecule has 4 heteroatoms. The molecule has 2 unspecified atom stereocenters. The number of H-pyrrole nitrogens is 1. The molecular weight excluding hydrogens is 262 g/mol. The lowest BCUT2D eigenvalue weighted by Crippen LogP contribution is -2.45. The van der Waals surface area contributed by atoms with Crippen LogP contribution < -0.4 is 5.32 Å². The van der Waals surface area contributed by atoms with Gasteiger partial charge in [-0.1, -0.05) is 26.2 Å². The maximum absolute atomic E-state index is 6.25. The Labute approximate surface area is 128 Å². The molecule has 2 N–H and O–H groups in total. The van der Waals surface area contributed by atoms with Crippen LogP contribution in [-0.2, 0) is 4.74 Å². The van der Waals surface area contributed by atoms with Gasteiger partial charge in [0.15, 0.2) is 0 Å². The van der Waals surface area contributed by atoms with Crippen molar-refractivity contribution in [3.8, 4) is 0 Å². The molecule has 0 radical (unpaired) electrons. The van der Waals surface area contributed by atoms with E-state index in [0.717, 1.165) is 31.8 Å². The van der Waals surface area contributed by atoms with E-state index in [1.54, 1.807) is 0 Å². The highest BCUT2D eigenvalue weighted by Gasteiger charge is 2.41. The molecule has 3 rings (SSSR count). The van der Waals surface area contributed by atoms with Crippen molar-refractivity contribution in [2.45, 2.75) is 69.9 Å². The minimum absolute atomic E-state index is 0.167. The summed E-state index contributed by atoms with van der Waals surface area (Å²) in [5, 5.41) is 3.71. The average Bonchev–Trinajstić information content (AvgIpc) is 3.03. The van der Waals surface area contributed by atoms with Crippen LogP contribution in [-0.4, -0.2) is 28.7 Å². The first kappa shape index (κ1) is 15.0. The molecule has 0 bridgehead atoms. The van der Waals surface area contributed by atoms with Crippen molar-refractivity contribution in [3.05, 3.63) is 18.2 Å². The smallest absolute Gasteiger partial charge is 0.123 e. The lowest BCUT2D eigenvalue weighted by Gasteiger charge is -2.45. The van der Waals surface area contributed by atoms with E-state index in [1.807, 2.05) is 12.4 Å². The fourth-order valence-electron chi connectivity index (χ4n) is 4.13. The molecule has 2 atom stereocenters. The van der Waals surface area contributed by atoms with Crippen LogP contribution in [0.4, 0.5) is 0 Å². The Hall–Kier alpha value is -0.870. The van der Waals surface area contributed by atoms with E-state index in [1.165, 1.54) is 38.5 Å². The molecule has 1 aliphatic heterocycles. The van der Waals surface area contributed by atoms with Gasteiger partial charge in [-0.25, -0.2) is 4.98 Å². The van der Waals surface area contributed by atoms with Gasteiger partial charge in [0.25, 0.3) is 0 Å². The Morgan fingerprint density at radius 1 is 1.43 bits per heavy atom. The van der Waals surface area contributed by atoms with E-state index in [0.29, 0.717) is 12.0 Å². The first-order valence-electron chi connectivity index (χ1n) is 8.70. The van der Waals surface area contributed by atoms with Gasteiger partial charge in [0, 0.05) is 19.0 Å². The van der Waals surface area contributed by atoms with Crippen molar-refractivity contribution in [2.75, 3.05) is 13.2 Å². The third-order valence-electron chi connectivity index (χ3n) is 5.20. The SMILES string of the molecule is CCCNC(c1ncc[nH]1)C1CCOC2(CCCCC2)C1. The Morgan fingerprint density at radius 3 is 3.00 bits per heavy atom. The number of rotatable bonds is 5. The predicted octanol–water partition coefficient (Wildman–Crippen LogP) is 3.58. The van der Waals surface area contributed by atoms with Gasteiger partial charge in [-0.2, -0.15) is 0 Å². The zero-order chi connectivity index (χ0) is 14.5. The van der Waals surface area contributed by atoms with Crippen LogP contribution >= 0.6 is 0 Å². The number of nitrogens with zero attached hydrogens (tertiary/aromatic N) is 1. The highest BCUT2D eigenvalue weighted by Crippen LogP contribution is 2.43. The van der Waals surface area contributed by atoms with Crippen molar-refractivity contribution in [1.82, 2.24) is 15.3 Å². The Kier molecular flexibility index (Phi) is 4.96. The molecule has 2 aliphatic rings. The molecule has 1 aromatic heterocycles. The number of hydrogen-bond donors (Lipinski definition) is 2. The van der Waals surface area contributed by atoms with Crippen molar-refractivity contribution < 1.29 is 4.74 Å². The van der Waals surface area contributed by atoms with Crippen molar-refractivity contribution >= 4 is 0 Å². The summed E-state index contributed by atoms with van der Waals surface area (Å²) in [5.41, 5.74) is 0.167. The first-order valence-corrected chi connectivity index (χ1v) is 8.70. The van der Waals surface area contributed by atoms with Crippen molar-refractivity contribution in [3.63, 3.8) is 0 Å². The van der Waals surface area contributed by atoms with Gasteiger partial charge in [0.2, 0.25) is 0 Å². The van der Waals surface area contributed by atoms with E-state index in [4.69, 9.17) is 4.74 Å². The molecule has 0 amide bonds. The van der Waals surface area contributed by atoms with Gasteiger partial charge >= 0.3 is 0 Å². The summed E-state index contributed by atoms with van der Waals surface area (Å²) in [4.78, 5) is 7.84. The standard InChI is InChI=1S/C17H29N3O/c1-2-9-18-15(16-19-10-11-20-16)14-6-12-21-17(13-14)7-4-3-5-8-17/h10-11,14-15,18H,2-9,12-13H2,1H3,(H,19,20). The highest BCUT2D eigenvalue weighted by atomic mass is 16.5. The third-order valence-corrected chi connectivity index (χ3v) is 5.20. The molecule has 0 aromatic carbocycles. The summed E-state index contributed by atoms with van der Waals surface area (Å²) in [6.45, 7) is 4.18. The predicted molar refractivity (Wildman–Crippen MR) is 84.1 cm³/mol. The van der Waals surface area contributed by atoms with Crippen LogP contribution in [0.3, 0.4) is 0 Å². The van der Waals surface area contributed by atoms with Crippen LogP contribution in [0.2, 0.25) is 0 Å². The Morgan fingerprint density at radius 2 is 2.29 bits per heavy atom. The number of imidazole rings is 1. The maximum atomic E-state index is 6.25. The second-order valence-corrected chi connectivity index (χ2v) is 6.75. The second kappa shape index (κ2) is 6.93. The van der Waals surface area contributed by atoms with E-state index in [2.05, 4.69) is 22.2 Å². The summed E-state index contributed by atoms with van der Waals surface area (Å²) >= 11 is 0.